The van der Waals surface area contributed by atoms with Crippen molar-refractivity contribution in [2.45, 2.75) is 19.3 Å². The molecule has 12 aromatic rings. The topological polar surface area (TPSA) is 52.1 Å². The van der Waals surface area contributed by atoms with Gasteiger partial charge in [0.05, 0.1) is 33.7 Å². The van der Waals surface area contributed by atoms with E-state index in [0.29, 0.717) is 0 Å². The number of nitrogens with zero attached hydrogens (tertiary/aromatic N) is 2. The Balaban J connectivity index is 1.06. The Morgan fingerprint density at radius 2 is 1.11 bits per heavy atom. The minimum absolute atomic E-state index is 0.509. The zero-order valence-electron chi connectivity index (χ0n) is 34.8. The second-order valence-corrected chi connectivity index (χ2v) is 17.2. The number of rotatable bonds is 5. The Labute approximate surface area is 363 Å². The average molecular weight is 807 g/mol. The van der Waals surface area contributed by atoms with E-state index in [4.69, 9.17) is 18.8 Å². The maximum absolute atomic E-state index is 6.93. The number of para-hydroxylation sites is 1. The van der Waals surface area contributed by atoms with Gasteiger partial charge in [-0.3, -0.25) is 4.98 Å². The number of allylic oxidation sites excluding steroid dienone is 2. The van der Waals surface area contributed by atoms with E-state index in [-0.39, 0.29) is 0 Å². The van der Waals surface area contributed by atoms with Gasteiger partial charge in [0.15, 0.2) is 0 Å². The molecule has 9 aromatic carbocycles. The monoisotopic (exact) mass is 806 g/mol. The first-order valence-corrected chi connectivity index (χ1v) is 21.4. The molecule has 1 aliphatic carbocycles. The minimum Gasteiger partial charge on any atom is -0.455 e. The number of furan rings is 2. The molecule has 4 heteroatoms. The summed E-state index contributed by atoms with van der Waals surface area (Å²) in [4.78, 5) is 10.4. The van der Waals surface area contributed by atoms with E-state index in [0.717, 1.165) is 110 Å². The van der Waals surface area contributed by atoms with Crippen LogP contribution in [0.3, 0.4) is 0 Å². The van der Waals surface area contributed by atoms with Gasteiger partial charge in [0.25, 0.3) is 0 Å². The lowest BCUT2D eigenvalue weighted by atomic mass is 9.68. The molecule has 4 nitrogen and oxygen atoms in total. The van der Waals surface area contributed by atoms with Crippen molar-refractivity contribution in [3.63, 3.8) is 0 Å². The van der Waals surface area contributed by atoms with E-state index >= 15 is 0 Å². The normalized spacial score (nSPS) is 13.2. The van der Waals surface area contributed by atoms with Crippen LogP contribution in [0.2, 0.25) is 0 Å². The summed E-state index contributed by atoms with van der Waals surface area (Å²) in [6, 6.07) is 58.1. The van der Waals surface area contributed by atoms with Crippen LogP contribution in [0.25, 0.3) is 121 Å². The van der Waals surface area contributed by atoms with Crippen LogP contribution in [-0.2, 0) is 5.41 Å². The molecule has 0 radical (unpaired) electrons. The fourth-order valence-electron chi connectivity index (χ4n) is 10.9. The largest absolute Gasteiger partial charge is 0.455 e. The van der Waals surface area contributed by atoms with Crippen molar-refractivity contribution in [3.8, 4) is 44.6 Å². The lowest BCUT2D eigenvalue weighted by Crippen LogP contribution is -2.27. The van der Waals surface area contributed by atoms with Crippen LogP contribution in [0.1, 0.15) is 25.0 Å². The van der Waals surface area contributed by atoms with Crippen LogP contribution in [0.4, 0.5) is 0 Å². The zero-order chi connectivity index (χ0) is 42.1. The Bertz CT molecular complexity index is 3940. The number of benzene rings is 9. The van der Waals surface area contributed by atoms with Gasteiger partial charge in [-0.15, -0.1) is 0 Å². The molecule has 3 aromatic heterocycles. The molecule has 0 atom stereocenters. The van der Waals surface area contributed by atoms with E-state index in [1.165, 1.54) is 33.0 Å². The molecule has 63 heavy (non-hydrogen) atoms. The van der Waals surface area contributed by atoms with Crippen LogP contribution in [0.5, 0.6) is 0 Å². The van der Waals surface area contributed by atoms with Crippen LogP contribution in [0, 0.1) is 0 Å². The standard InChI is InChI=1S/C59H38N2O2/c1-33(2)59(34(3)4)49-22-11-9-18-41(49)42-25-24-35(31-50(42)59)38-29-47(57-48(30-38)54-53(63-57)27-26-46-43-19-10-12-23-52(43)62-58(46)54)36-14-13-15-37(28-36)51-32-60-55-44-20-7-5-16-39(44)40-17-6-8-21-45(40)56(55)61-51/h5-32H,1,3H2,2,4H3. The van der Waals surface area contributed by atoms with Crippen molar-refractivity contribution in [1.82, 2.24) is 9.97 Å². The molecule has 0 saturated heterocycles. The Kier molecular flexibility index (Phi) is 7.34. The van der Waals surface area contributed by atoms with Crippen molar-refractivity contribution in [1.29, 1.82) is 0 Å². The van der Waals surface area contributed by atoms with Gasteiger partial charge in [-0.25, -0.2) is 4.98 Å². The highest BCUT2D eigenvalue weighted by molar-refractivity contribution is 6.25. The number of hydrogen-bond donors (Lipinski definition) is 0. The van der Waals surface area contributed by atoms with Crippen LogP contribution in [-0.4, -0.2) is 9.97 Å². The summed E-state index contributed by atoms with van der Waals surface area (Å²) in [5, 5.41) is 8.63. The highest BCUT2D eigenvalue weighted by Gasteiger charge is 2.44. The van der Waals surface area contributed by atoms with E-state index in [9.17, 15) is 0 Å². The SMILES string of the molecule is C=C(C)C1(C(=C)C)c2ccccc2-c2ccc(-c3cc(-c4cccc(-c5cnc6c7ccccc7c7ccccc7c6n5)c4)c4oc5ccc6c7ccccc7oc6c5c4c3)cc21. The lowest BCUT2D eigenvalue weighted by Gasteiger charge is -2.34. The summed E-state index contributed by atoms with van der Waals surface area (Å²) in [5.74, 6) is 0. The number of aromatic nitrogens is 2. The second-order valence-electron chi connectivity index (χ2n) is 17.2. The molecule has 0 N–H and O–H groups in total. The van der Waals surface area contributed by atoms with Crippen LogP contribution >= 0.6 is 0 Å². The lowest BCUT2D eigenvalue weighted by molar-refractivity contribution is 0.663. The smallest absolute Gasteiger partial charge is 0.147 e. The van der Waals surface area contributed by atoms with Gasteiger partial charge in [-0.2, -0.15) is 0 Å². The van der Waals surface area contributed by atoms with E-state index < -0.39 is 5.41 Å². The van der Waals surface area contributed by atoms with E-state index in [1.807, 2.05) is 18.3 Å². The van der Waals surface area contributed by atoms with Gasteiger partial charge in [0, 0.05) is 38.1 Å². The van der Waals surface area contributed by atoms with Gasteiger partial charge < -0.3 is 8.83 Å². The van der Waals surface area contributed by atoms with Crippen molar-refractivity contribution in [2.75, 3.05) is 0 Å². The molecular weight excluding hydrogens is 769 g/mol. The maximum atomic E-state index is 6.93. The molecule has 0 bridgehead atoms. The third-order valence-electron chi connectivity index (χ3n) is 13.6. The summed E-state index contributed by atoms with van der Waals surface area (Å²) >= 11 is 0. The second kappa shape index (κ2) is 13.0. The Hall–Kier alpha value is -8.08. The molecule has 0 fully saturated rings. The van der Waals surface area contributed by atoms with Crippen molar-refractivity contribution >= 4 is 76.5 Å². The molecule has 296 valence electrons. The maximum Gasteiger partial charge on any atom is 0.147 e. The molecular formula is C59H38N2O2. The van der Waals surface area contributed by atoms with Crippen LogP contribution < -0.4 is 0 Å². The zero-order valence-corrected chi connectivity index (χ0v) is 34.8. The Morgan fingerprint density at radius 3 is 1.90 bits per heavy atom. The van der Waals surface area contributed by atoms with Gasteiger partial charge in [0.2, 0.25) is 0 Å². The first-order chi connectivity index (χ1) is 30.9. The van der Waals surface area contributed by atoms with Gasteiger partial charge in [-0.05, 0) is 106 Å². The summed E-state index contributed by atoms with van der Waals surface area (Å²) in [6.07, 6.45) is 1.91. The third kappa shape index (κ3) is 4.86. The van der Waals surface area contributed by atoms with E-state index in [1.54, 1.807) is 0 Å². The molecule has 0 amide bonds. The van der Waals surface area contributed by atoms with Crippen molar-refractivity contribution < 1.29 is 8.83 Å². The minimum atomic E-state index is -0.509. The molecule has 0 aliphatic heterocycles. The average Bonchev–Trinajstić information content (AvgIpc) is 3.99. The number of hydrogen-bond acceptors (Lipinski definition) is 4. The predicted molar refractivity (Wildman–Crippen MR) is 261 cm³/mol. The predicted octanol–water partition coefficient (Wildman–Crippen LogP) is 16.2. The fraction of sp³-hybridized carbons (Fsp3) is 0.0508. The van der Waals surface area contributed by atoms with E-state index in [2.05, 4.69) is 179 Å². The molecule has 3 heterocycles. The van der Waals surface area contributed by atoms with Crippen LogP contribution in [0.15, 0.2) is 203 Å². The highest BCUT2D eigenvalue weighted by atomic mass is 16.3. The van der Waals surface area contributed by atoms with Crippen molar-refractivity contribution in [3.05, 3.63) is 205 Å². The summed E-state index contributed by atoms with van der Waals surface area (Å²) in [7, 11) is 0. The summed E-state index contributed by atoms with van der Waals surface area (Å²) in [6.45, 7) is 13.4. The Morgan fingerprint density at radius 1 is 0.444 bits per heavy atom. The quantitative estimate of drug-likeness (QED) is 0.128. The van der Waals surface area contributed by atoms with Gasteiger partial charge >= 0.3 is 0 Å². The third-order valence-corrected chi connectivity index (χ3v) is 13.6. The van der Waals surface area contributed by atoms with Gasteiger partial charge in [0.1, 0.15) is 22.3 Å². The van der Waals surface area contributed by atoms with Crippen molar-refractivity contribution in [2.24, 2.45) is 0 Å². The summed E-state index contributed by atoms with van der Waals surface area (Å²) in [5.41, 5.74) is 17.4. The molecule has 1 aliphatic rings. The summed E-state index contributed by atoms with van der Waals surface area (Å²) < 4.78 is 13.6. The molecule has 0 spiro atoms. The highest BCUT2D eigenvalue weighted by Crippen LogP contribution is 2.56. The first-order valence-electron chi connectivity index (χ1n) is 21.4. The number of fused-ring (bicyclic) bond motifs is 16. The first kappa shape index (κ1) is 35.7. The fourth-order valence-corrected chi connectivity index (χ4v) is 10.9. The molecule has 0 unspecified atom stereocenters. The van der Waals surface area contributed by atoms with Gasteiger partial charge in [-0.1, -0.05) is 146 Å². The molecule has 13 rings (SSSR count). The molecule has 0 saturated carbocycles.